The Bertz CT molecular complexity index is 704. The summed E-state index contributed by atoms with van der Waals surface area (Å²) in [5, 5.41) is 8.43. The van der Waals surface area contributed by atoms with Gasteiger partial charge in [-0.25, -0.2) is 0 Å². The molecule has 1 saturated heterocycles. The van der Waals surface area contributed by atoms with Crippen molar-refractivity contribution in [2.45, 2.75) is 36.9 Å². The molecule has 2 fully saturated rings. The van der Waals surface area contributed by atoms with Crippen molar-refractivity contribution < 1.29 is 9.21 Å². The van der Waals surface area contributed by atoms with Gasteiger partial charge in [-0.1, -0.05) is 11.8 Å². The van der Waals surface area contributed by atoms with Crippen LogP contribution in [0.25, 0.3) is 0 Å². The Balaban J connectivity index is 1.57. The van der Waals surface area contributed by atoms with Crippen LogP contribution in [-0.4, -0.2) is 36.2 Å². The molecule has 2 aromatic rings. The van der Waals surface area contributed by atoms with Crippen LogP contribution < -0.4 is 5.32 Å². The monoisotopic (exact) mass is 362 g/mol. The highest BCUT2D eigenvalue weighted by molar-refractivity contribution is 7.98. The summed E-state index contributed by atoms with van der Waals surface area (Å²) < 4.78 is 5.71. The van der Waals surface area contributed by atoms with Crippen LogP contribution in [0.4, 0.5) is 0 Å². The molecule has 1 spiro atoms. The number of hydrogen-bond donors (Lipinski definition) is 1. The topological polar surface area (TPSA) is 45.5 Å². The molecule has 2 aliphatic rings. The van der Waals surface area contributed by atoms with Gasteiger partial charge >= 0.3 is 0 Å². The van der Waals surface area contributed by atoms with Crippen LogP contribution in [0.1, 0.15) is 35.4 Å². The van der Waals surface area contributed by atoms with Gasteiger partial charge in [-0.3, -0.25) is 4.79 Å². The van der Waals surface area contributed by atoms with E-state index in [9.17, 15) is 4.79 Å². The first kappa shape index (κ1) is 16.2. The predicted molar refractivity (Wildman–Crippen MR) is 97.6 cm³/mol. The third kappa shape index (κ3) is 3.03. The molecule has 1 N–H and O–H groups in total. The van der Waals surface area contributed by atoms with Crippen molar-refractivity contribution in [2.75, 3.05) is 19.3 Å². The van der Waals surface area contributed by atoms with Crippen LogP contribution in [0.5, 0.6) is 0 Å². The van der Waals surface area contributed by atoms with Crippen LogP contribution in [-0.2, 0) is 6.54 Å². The molecule has 2 aromatic heterocycles. The lowest BCUT2D eigenvalue weighted by Crippen LogP contribution is -2.39. The summed E-state index contributed by atoms with van der Waals surface area (Å²) >= 11 is 3.21. The molecule has 1 aliphatic heterocycles. The van der Waals surface area contributed by atoms with E-state index in [2.05, 4.69) is 27.0 Å². The summed E-state index contributed by atoms with van der Waals surface area (Å²) in [6.45, 7) is 2.81. The summed E-state index contributed by atoms with van der Waals surface area (Å²) in [7, 11) is 0. The summed E-state index contributed by atoms with van der Waals surface area (Å²) in [5.74, 6) is 0.493. The fourth-order valence-electron chi connectivity index (χ4n) is 3.82. The molecular weight excluding hydrogens is 340 g/mol. The van der Waals surface area contributed by atoms with E-state index >= 15 is 0 Å². The molecule has 1 amide bonds. The Morgan fingerprint density at radius 2 is 2.25 bits per heavy atom. The molecule has 1 atom stereocenters. The zero-order valence-electron chi connectivity index (χ0n) is 13.8. The zero-order chi connectivity index (χ0) is 16.6. The molecule has 6 heteroatoms. The van der Waals surface area contributed by atoms with Crippen LogP contribution in [0.3, 0.4) is 0 Å². The number of rotatable bonds is 5. The first-order valence-corrected chi connectivity index (χ1v) is 10.6. The number of furan rings is 1. The van der Waals surface area contributed by atoms with Gasteiger partial charge in [-0.15, -0.1) is 0 Å². The Morgan fingerprint density at radius 1 is 1.42 bits per heavy atom. The van der Waals surface area contributed by atoms with Crippen molar-refractivity contribution in [2.24, 2.45) is 5.41 Å². The Morgan fingerprint density at radius 3 is 2.92 bits per heavy atom. The summed E-state index contributed by atoms with van der Waals surface area (Å²) in [5.41, 5.74) is 1.53. The molecule has 4 nitrogen and oxygen atoms in total. The largest absolute Gasteiger partial charge is 0.445 e. The van der Waals surface area contributed by atoms with E-state index in [1.165, 1.54) is 30.2 Å². The van der Waals surface area contributed by atoms with Crippen LogP contribution >= 0.6 is 23.1 Å². The normalized spacial score (nSPS) is 21.8. The van der Waals surface area contributed by atoms with Crippen LogP contribution in [0.15, 0.2) is 38.5 Å². The molecule has 1 saturated carbocycles. The number of nitrogens with zero attached hydrogens (tertiary/aromatic N) is 1. The standard InChI is InChI=1S/C18H22N2O2S2/c1-23-16-3-2-14(22-16)17(21)20(11-13-4-9-24-12-13)15-10-18(15)5-7-19-8-6-18/h2-4,9,12,15,19H,5-8,10-11H2,1H3. The van der Waals surface area contributed by atoms with E-state index in [4.69, 9.17) is 4.42 Å². The number of hydrogen-bond acceptors (Lipinski definition) is 5. The van der Waals surface area contributed by atoms with E-state index in [-0.39, 0.29) is 5.91 Å². The van der Waals surface area contributed by atoms with Crippen LogP contribution in [0, 0.1) is 5.41 Å². The minimum atomic E-state index is 0.0295. The molecule has 0 radical (unpaired) electrons. The lowest BCUT2D eigenvalue weighted by Gasteiger charge is -2.29. The summed E-state index contributed by atoms with van der Waals surface area (Å²) in [6.07, 6.45) is 5.42. The molecular formula is C18H22N2O2S2. The maximum Gasteiger partial charge on any atom is 0.290 e. The van der Waals surface area contributed by atoms with Gasteiger partial charge in [-0.05, 0) is 78.5 Å². The highest BCUT2D eigenvalue weighted by atomic mass is 32.2. The molecule has 4 rings (SSSR count). The van der Waals surface area contributed by atoms with Gasteiger partial charge in [-0.2, -0.15) is 11.3 Å². The number of thioether (sulfide) groups is 1. The number of carbonyl (C=O) groups is 1. The maximum atomic E-state index is 13.1. The first-order valence-electron chi connectivity index (χ1n) is 8.38. The Hall–Kier alpha value is -1.24. The van der Waals surface area contributed by atoms with Crippen LogP contribution in [0.2, 0.25) is 0 Å². The fraction of sp³-hybridized carbons (Fsp3) is 0.500. The van der Waals surface area contributed by atoms with Crippen molar-refractivity contribution in [1.29, 1.82) is 0 Å². The van der Waals surface area contributed by atoms with Crippen molar-refractivity contribution in [1.82, 2.24) is 10.2 Å². The van der Waals surface area contributed by atoms with Gasteiger partial charge in [0, 0.05) is 12.6 Å². The molecule has 128 valence electrons. The Kier molecular flexibility index (Phi) is 4.45. The van der Waals surface area contributed by atoms with E-state index in [1.807, 2.05) is 18.4 Å². The number of carbonyl (C=O) groups excluding carboxylic acids is 1. The smallest absolute Gasteiger partial charge is 0.290 e. The van der Waals surface area contributed by atoms with Crippen molar-refractivity contribution in [3.63, 3.8) is 0 Å². The lowest BCUT2D eigenvalue weighted by molar-refractivity contribution is 0.0654. The van der Waals surface area contributed by atoms with Crippen molar-refractivity contribution in [3.05, 3.63) is 40.3 Å². The molecule has 24 heavy (non-hydrogen) atoms. The van der Waals surface area contributed by atoms with E-state index < -0.39 is 0 Å². The number of amides is 1. The minimum Gasteiger partial charge on any atom is -0.445 e. The van der Waals surface area contributed by atoms with Crippen molar-refractivity contribution in [3.8, 4) is 0 Å². The SMILES string of the molecule is CSc1ccc(C(=O)N(Cc2ccsc2)C2CC23CCNCC3)o1. The van der Waals surface area contributed by atoms with Gasteiger partial charge in [0.25, 0.3) is 5.91 Å². The molecule has 1 aliphatic carbocycles. The summed E-state index contributed by atoms with van der Waals surface area (Å²) in [4.78, 5) is 15.2. The predicted octanol–water partition coefficient (Wildman–Crippen LogP) is 3.85. The maximum absolute atomic E-state index is 13.1. The van der Waals surface area contributed by atoms with Gasteiger partial charge < -0.3 is 14.6 Å². The lowest BCUT2D eigenvalue weighted by atomic mass is 9.93. The zero-order valence-corrected chi connectivity index (χ0v) is 15.4. The second-order valence-electron chi connectivity index (χ2n) is 6.72. The third-order valence-corrected chi connectivity index (χ3v) is 6.66. The molecule has 0 bridgehead atoms. The highest BCUT2D eigenvalue weighted by Crippen LogP contribution is 2.56. The number of nitrogens with one attached hydrogen (secondary N) is 1. The van der Waals surface area contributed by atoms with E-state index in [0.29, 0.717) is 23.8 Å². The molecule has 3 heterocycles. The highest BCUT2D eigenvalue weighted by Gasteiger charge is 2.58. The van der Waals surface area contributed by atoms with Gasteiger partial charge in [0.05, 0.1) is 0 Å². The molecule has 0 aromatic carbocycles. The number of thiophene rings is 1. The van der Waals surface area contributed by atoms with Gasteiger partial charge in [0.15, 0.2) is 10.9 Å². The summed E-state index contributed by atoms with van der Waals surface area (Å²) in [6, 6.07) is 6.15. The second kappa shape index (κ2) is 6.58. The fourth-order valence-corrected chi connectivity index (χ4v) is 4.86. The third-order valence-electron chi connectivity index (χ3n) is 5.31. The van der Waals surface area contributed by atoms with E-state index in [1.54, 1.807) is 11.3 Å². The van der Waals surface area contributed by atoms with Crippen molar-refractivity contribution >= 4 is 29.0 Å². The van der Waals surface area contributed by atoms with E-state index in [0.717, 1.165) is 24.6 Å². The average Bonchev–Trinajstić information content (AvgIpc) is 3.05. The Labute approximate surface area is 150 Å². The van der Waals surface area contributed by atoms with Gasteiger partial charge in [0.2, 0.25) is 0 Å². The second-order valence-corrected chi connectivity index (χ2v) is 8.31. The van der Waals surface area contributed by atoms with Gasteiger partial charge in [0.1, 0.15) is 0 Å². The molecule has 1 unspecified atom stereocenters. The number of piperidine rings is 1. The quantitative estimate of drug-likeness (QED) is 0.821. The minimum absolute atomic E-state index is 0.0295. The first-order chi connectivity index (χ1) is 11.7. The average molecular weight is 363 g/mol.